The molecule has 3 atom stereocenters. The molecule has 1 fully saturated rings. The summed E-state index contributed by atoms with van der Waals surface area (Å²) in [4.78, 5) is 0. The molecule has 0 bridgehead atoms. The third kappa shape index (κ3) is 2.87. The number of allylic oxidation sites excluding steroid dienone is 2. The van der Waals surface area contributed by atoms with Crippen molar-refractivity contribution < 1.29 is 0 Å². The van der Waals surface area contributed by atoms with Crippen LogP contribution >= 0.6 is 0 Å². The van der Waals surface area contributed by atoms with Crippen LogP contribution in [0.25, 0.3) is 11.1 Å². The number of benzene rings is 2. The first-order valence-corrected chi connectivity index (χ1v) is 9.78. The van der Waals surface area contributed by atoms with Crippen LogP contribution in [0.3, 0.4) is 0 Å². The molecule has 140 valence electrons. The summed E-state index contributed by atoms with van der Waals surface area (Å²) in [6.07, 6.45) is 6.83. The molecule has 3 heteroatoms. The molecule has 4 rings (SSSR count). The molecule has 2 aromatic rings. The van der Waals surface area contributed by atoms with Crippen molar-refractivity contribution in [3.8, 4) is 11.1 Å². The fourth-order valence-corrected chi connectivity index (χ4v) is 4.46. The van der Waals surface area contributed by atoms with Crippen molar-refractivity contribution in [1.82, 2.24) is 15.8 Å². The van der Waals surface area contributed by atoms with Gasteiger partial charge in [0.05, 0.1) is 0 Å². The molecule has 27 heavy (non-hydrogen) atoms. The normalized spacial score (nSPS) is 24.0. The van der Waals surface area contributed by atoms with E-state index in [0.29, 0.717) is 0 Å². The van der Waals surface area contributed by atoms with Crippen LogP contribution in [0.5, 0.6) is 0 Å². The Bertz CT molecular complexity index is 923. The van der Waals surface area contributed by atoms with Gasteiger partial charge in [0.15, 0.2) is 0 Å². The maximum Gasteiger partial charge on any atom is 0.114 e. The van der Waals surface area contributed by atoms with Crippen molar-refractivity contribution in [3.05, 3.63) is 83.0 Å². The molecule has 0 radical (unpaired) electrons. The van der Waals surface area contributed by atoms with Crippen LogP contribution in [0.15, 0.2) is 66.3 Å². The van der Waals surface area contributed by atoms with Gasteiger partial charge in [0.2, 0.25) is 0 Å². The number of rotatable bonds is 5. The van der Waals surface area contributed by atoms with Crippen molar-refractivity contribution in [3.63, 3.8) is 0 Å². The molecule has 2 aliphatic rings. The van der Waals surface area contributed by atoms with Gasteiger partial charge in [-0.2, -0.15) is 5.01 Å². The molecule has 2 aromatic carbocycles. The first-order chi connectivity index (χ1) is 13.0. The SMILES string of the molecule is C/C=C\C(=C/C)C(NC)N1NC1c1ccc2c(c1)C(C)(C)c1ccccc1-2. The van der Waals surface area contributed by atoms with E-state index in [9.17, 15) is 0 Å². The first kappa shape index (κ1) is 18.2. The highest BCUT2D eigenvalue weighted by Gasteiger charge is 2.42. The van der Waals surface area contributed by atoms with Crippen molar-refractivity contribution in [1.29, 1.82) is 0 Å². The molecule has 0 amide bonds. The van der Waals surface area contributed by atoms with E-state index in [1.807, 2.05) is 7.05 Å². The molecule has 0 aromatic heterocycles. The lowest BCUT2D eigenvalue weighted by atomic mass is 9.82. The molecule has 0 saturated carbocycles. The summed E-state index contributed by atoms with van der Waals surface area (Å²) in [6, 6.07) is 15.8. The van der Waals surface area contributed by atoms with E-state index in [-0.39, 0.29) is 17.7 Å². The number of hydrogen-bond donors (Lipinski definition) is 2. The minimum Gasteiger partial charge on any atom is -0.300 e. The number of hydrazine groups is 1. The summed E-state index contributed by atoms with van der Waals surface area (Å²) >= 11 is 0. The van der Waals surface area contributed by atoms with Gasteiger partial charge in [-0.3, -0.25) is 5.32 Å². The summed E-state index contributed by atoms with van der Waals surface area (Å²) in [7, 11) is 2.01. The smallest absolute Gasteiger partial charge is 0.114 e. The van der Waals surface area contributed by atoms with Crippen LogP contribution in [0.1, 0.15) is 50.6 Å². The zero-order valence-corrected chi connectivity index (χ0v) is 16.9. The van der Waals surface area contributed by atoms with Gasteiger partial charge in [-0.05, 0) is 54.3 Å². The van der Waals surface area contributed by atoms with Crippen LogP contribution in [0.2, 0.25) is 0 Å². The number of nitrogens with one attached hydrogen (secondary N) is 2. The Morgan fingerprint density at radius 1 is 1.11 bits per heavy atom. The second-order valence-electron chi connectivity index (χ2n) is 7.89. The van der Waals surface area contributed by atoms with Crippen LogP contribution < -0.4 is 10.7 Å². The lowest BCUT2D eigenvalue weighted by molar-refractivity contribution is 0.355. The van der Waals surface area contributed by atoms with Gasteiger partial charge >= 0.3 is 0 Å². The lowest BCUT2D eigenvalue weighted by Crippen LogP contribution is -2.36. The summed E-state index contributed by atoms with van der Waals surface area (Å²) in [6.45, 7) is 8.82. The van der Waals surface area contributed by atoms with Crippen molar-refractivity contribution in [2.24, 2.45) is 0 Å². The summed E-state index contributed by atoms with van der Waals surface area (Å²) in [5.41, 5.74) is 11.8. The van der Waals surface area contributed by atoms with E-state index >= 15 is 0 Å². The van der Waals surface area contributed by atoms with E-state index < -0.39 is 0 Å². The van der Waals surface area contributed by atoms with E-state index in [2.05, 4.69) is 104 Å². The second-order valence-corrected chi connectivity index (χ2v) is 7.89. The molecular formula is C24H29N3. The van der Waals surface area contributed by atoms with Crippen LogP contribution in [0.4, 0.5) is 0 Å². The zero-order valence-electron chi connectivity index (χ0n) is 16.9. The molecule has 1 aliphatic heterocycles. The quantitative estimate of drug-likeness (QED) is 0.590. The monoisotopic (exact) mass is 359 g/mol. The first-order valence-electron chi connectivity index (χ1n) is 9.78. The largest absolute Gasteiger partial charge is 0.300 e. The molecule has 2 N–H and O–H groups in total. The number of likely N-dealkylation sites (N-methyl/N-ethyl adjacent to an activating group) is 1. The van der Waals surface area contributed by atoms with Crippen molar-refractivity contribution in [2.75, 3.05) is 7.05 Å². The van der Waals surface area contributed by atoms with Crippen LogP contribution in [0, 0.1) is 0 Å². The van der Waals surface area contributed by atoms with Gasteiger partial charge in [-0.1, -0.05) is 74.5 Å². The minimum atomic E-state index is 0.0451. The van der Waals surface area contributed by atoms with Crippen molar-refractivity contribution in [2.45, 2.75) is 45.4 Å². The maximum atomic E-state index is 3.55. The highest BCUT2D eigenvalue weighted by atomic mass is 15.8. The third-order valence-electron chi connectivity index (χ3n) is 5.96. The van der Waals surface area contributed by atoms with Gasteiger partial charge in [0.25, 0.3) is 0 Å². The predicted octanol–water partition coefficient (Wildman–Crippen LogP) is 4.88. The molecule has 3 unspecified atom stereocenters. The van der Waals surface area contributed by atoms with Gasteiger partial charge in [-0.15, -0.1) is 0 Å². The van der Waals surface area contributed by atoms with E-state index in [1.165, 1.54) is 33.4 Å². The van der Waals surface area contributed by atoms with E-state index in [4.69, 9.17) is 0 Å². The van der Waals surface area contributed by atoms with E-state index in [1.54, 1.807) is 0 Å². The minimum absolute atomic E-state index is 0.0451. The molecule has 3 nitrogen and oxygen atoms in total. The fourth-order valence-electron chi connectivity index (χ4n) is 4.46. The van der Waals surface area contributed by atoms with Gasteiger partial charge in [0.1, 0.15) is 12.3 Å². The summed E-state index contributed by atoms with van der Waals surface area (Å²) < 4.78 is 0. The Hall–Kier alpha value is -2.20. The second kappa shape index (κ2) is 6.75. The summed E-state index contributed by atoms with van der Waals surface area (Å²) in [5.74, 6) is 0. The third-order valence-corrected chi connectivity index (χ3v) is 5.96. The number of fused-ring (bicyclic) bond motifs is 3. The maximum absolute atomic E-state index is 3.55. The number of hydrogen-bond acceptors (Lipinski definition) is 3. The average Bonchev–Trinajstić information content (AvgIpc) is 3.43. The average molecular weight is 360 g/mol. The Labute approximate surface area is 162 Å². The van der Waals surface area contributed by atoms with Crippen LogP contribution in [-0.2, 0) is 5.41 Å². The Morgan fingerprint density at radius 2 is 1.85 bits per heavy atom. The summed E-state index contributed by atoms with van der Waals surface area (Å²) in [5, 5.41) is 5.71. The highest BCUT2D eigenvalue weighted by molar-refractivity contribution is 5.80. The van der Waals surface area contributed by atoms with Gasteiger partial charge in [-0.25, -0.2) is 5.43 Å². The Morgan fingerprint density at radius 3 is 2.56 bits per heavy atom. The van der Waals surface area contributed by atoms with E-state index in [0.717, 1.165) is 0 Å². The standard InChI is InChI=1S/C24H29N3/c1-6-10-16(7-2)22(25-5)27-23(26-27)17-13-14-19-18-11-8-9-12-20(18)24(3,4)21(19)15-17/h6-15,22-23,25-26H,1-5H3/b10-6-,16-7+. The van der Waals surface area contributed by atoms with Gasteiger partial charge < -0.3 is 0 Å². The molecule has 0 spiro atoms. The molecular weight excluding hydrogens is 330 g/mol. The predicted molar refractivity (Wildman–Crippen MR) is 113 cm³/mol. The highest BCUT2D eigenvalue weighted by Crippen LogP contribution is 2.49. The van der Waals surface area contributed by atoms with Crippen LogP contribution in [-0.4, -0.2) is 18.2 Å². The van der Waals surface area contributed by atoms with Gasteiger partial charge in [0, 0.05) is 5.41 Å². The molecule has 1 heterocycles. The Balaban J connectivity index is 1.65. The molecule has 1 saturated heterocycles. The Kier molecular flexibility index (Phi) is 4.55. The molecule has 1 aliphatic carbocycles. The zero-order chi connectivity index (χ0) is 19.2. The topological polar surface area (TPSA) is 37.0 Å². The number of nitrogens with zero attached hydrogens (tertiary/aromatic N) is 1. The van der Waals surface area contributed by atoms with Crippen molar-refractivity contribution >= 4 is 0 Å². The fraction of sp³-hybridized carbons (Fsp3) is 0.333. The lowest BCUT2D eigenvalue weighted by Gasteiger charge is -2.22.